The lowest BCUT2D eigenvalue weighted by atomic mass is 10.2. The van der Waals surface area contributed by atoms with Gasteiger partial charge in [-0.3, -0.25) is 9.59 Å². The van der Waals surface area contributed by atoms with Gasteiger partial charge in [0.15, 0.2) is 11.6 Å². The van der Waals surface area contributed by atoms with Crippen LogP contribution in [0.3, 0.4) is 0 Å². The summed E-state index contributed by atoms with van der Waals surface area (Å²) in [6, 6.07) is 3.11. The van der Waals surface area contributed by atoms with E-state index in [0.29, 0.717) is 18.7 Å². The lowest BCUT2D eigenvalue weighted by Crippen LogP contribution is -2.43. The number of anilines is 1. The summed E-state index contributed by atoms with van der Waals surface area (Å²) in [5, 5.41) is 12.2. The molecule has 1 aromatic heterocycles. The van der Waals surface area contributed by atoms with Crippen molar-refractivity contribution in [3.05, 3.63) is 17.8 Å². The van der Waals surface area contributed by atoms with E-state index < -0.39 is 12.0 Å². The highest BCUT2D eigenvalue weighted by molar-refractivity contribution is 5.95. The summed E-state index contributed by atoms with van der Waals surface area (Å²) in [7, 11) is 1.50. The average Bonchev–Trinajstić information content (AvgIpc) is 2.65. The van der Waals surface area contributed by atoms with Crippen LogP contribution >= 0.6 is 0 Å². The normalized spacial score (nSPS) is 18.9. The zero-order valence-electron chi connectivity index (χ0n) is 12.8. The fourth-order valence-corrected chi connectivity index (χ4v) is 2.43. The summed E-state index contributed by atoms with van der Waals surface area (Å²) in [6.45, 7) is 2.21. The molecule has 0 saturated carbocycles. The number of rotatable bonds is 4. The first kappa shape index (κ1) is 16.2. The molecule has 1 unspecified atom stereocenters. The summed E-state index contributed by atoms with van der Waals surface area (Å²) in [6.07, 6.45) is 1.92. The molecule has 2 rings (SSSR count). The predicted octanol–water partition coefficient (Wildman–Crippen LogP) is 1.06. The van der Waals surface area contributed by atoms with Crippen LogP contribution in [0.5, 0.6) is 5.75 Å². The molecule has 120 valence electrons. The molecular weight excluding hydrogens is 286 g/mol. The quantitative estimate of drug-likeness (QED) is 0.868. The molecule has 7 heteroatoms. The third-order valence-electron chi connectivity index (χ3n) is 3.62. The van der Waals surface area contributed by atoms with Crippen LogP contribution in [0.25, 0.3) is 0 Å². The van der Waals surface area contributed by atoms with Gasteiger partial charge in [-0.25, -0.2) is 4.98 Å². The molecule has 7 nitrogen and oxygen atoms in total. The van der Waals surface area contributed by atoms with Gasteiger partial charge in [-0.15, -0.1) is 0 Å². The average molecular weight is 307 g/mol. The standard InChI is InChI=1S/C15H21N3O4/c1-10-6-7-11(19)14(16-10)17-13(20)9-18-8-4-3-5-12(22-2)15(18)21/h6-7,12,19H,3-5,8-9H2,1-2H3,(H,16,17,20). The highest BCUT2D eigenvalue weighted by Crippen LogP contribution is 2.20. The molecule has 2 heterocycles. The van der Waals surface area contributed by atoms with E-state index in [-0.39, 0.29) is 24.0 Å². The summed E-state index contributed by atoms with van der Waals surface area (Å²) >= 11 is 0. The Hall–Kier alpha value is -2.15. The topological polar surface area (TPSA) is 91.8 Å². The zero-order valence-corrected chi connectivity index (χ0v) is 12.8. The van der Waals surface area contributed by atoms with Gasteiger partial charge in [-0.2, -0.15) is 0 Å². The molecule has 0 radical (unpaired) electrons. The lowest BCUT2D eigenvalue weighted by Gasteiger charge is -2.23. The van der Waals surface area contributed by atoms with Gasteiger partial charge in [0, 0.05) is 19.3 Å². The van der Waals surface area contributed by atoms with E-state index in [4.69, 9.17) is 4.74 Å². The first-order chi connectivity index (χ1) is 10.5. The monoisotopic (exact) mass is 307 g/mol. The number of amides is 2. The highest BCUT2D eigenvalue weighted by Gasteiger charge is 2.28. The largest absolute Gasteiger partial charge is 0.504 e. The van der Waals surface area contributed by atoms with Crippen molar-refractivity contribution in [3.63, 3.8) is 0 Å². The number of hydrogen-bond donors (Lipinski definition) is 2. The first-order valence-electron chi connectivity index (χ1n) is 7.29. The molecule has 0 aromatic carbocycles. The molecule has 2 N–H and O–H groups in total. The Labute approximate surface area is 129 Å². The van der Waals surface area contributed by atoms with E-state index in [1.807, 2.05) is 0 Å². The van der Waals surface area contributed by atoms with Gasteiger partial charge < -0.3 is 20.1 Å². The minimum absolute atomic E-state index is 0.0756. The number of aromatic hydroxyl groups is 1. The maximum absolute atomic E-state index is 12.2. The van der Waals surface area contributed by atoms with E-state index in [1.54, 1.807) is 13.0 Å². The number of aromatic nitrogens is 1. The zero-order chi connectivity index (χ0) is 16.1. The van der Waals surface area contributed by atoms with Crippen LogP contribution in [-0.4, -0.2) is 53.1 Å². The smallest absolute Gasteiger partial charge is 0.252 e. The molecule has 0 aliphatic carbocycles. The number of carbonyl (C=O) groups is 2. The molecule has 2 amide bonds. The third-order valence-corrected chi connectivity index (χ3v) is 3.62. The fraction of sp³-hybridized carbons (Fsp3) is 0.533. The van der Waals surface area contributed by atoms with Crippen LogP contribution in [0.15, 0.2) is 12.1 Å². The maximum atomic E-state index is 12.2. The van der Waals surface area contributed by atoms with Crippen LogP contribution in [-0.2, 0) is 14.3 Å². The maximum Gasteiger partial charge on any atom is 0.252 e. The lowest BCUT2D eigenvalue weighted by molar-refractivity contribution is -0.143. The number of carbonyl (C=O) groups excluding carboxylic acids is 2. The molecular formula is C15H21N3O4. The van der Waals surface area contributed by atoms with Gasteiger partial charge in [-0.1, -0.05) is 0 Å². The van der Waals surface area contributed by atoms with E-state index in [0.717, 1.165) is 12.8 Å². The summed E-state index contributed by atoms with van der Waals surface area (Å²) in [5.74, 6) is -0.554. The molecule has 0 spiro atoms. The molecule has 1 aliphatic heterocycles. The third kappa shape index (κ3) is 3.94. The number of likely N-dealkylation sites (tertiary alicyclic amines) is 1. The summed E-state index contributed by atoms with van der Waals surface area (Å²) < 4.78 is 5.17. The SMILES string of the molecule is COC1CCCCN(CC(=O)Nc2nc(C)ccc2O)C1=O. The van der Waals surface area contributed by atoms with Crippen LogP contribution in [0, 0.1) is 6.92 Å². The first-order valence-corrected chi connectivity index (χ1v) is 7.29. The number of pyridine rings is 1. The van der Waals surface area contributed by atoms with E-state index in [1.165, 1.54) is 18.1 Å². The molecule has 0 bridgehead atoms. The summed E-state index contributed by atoms with van der Waals surface area (Å²) in [5.41, 5.74) is 0.679. The molecule has 1 aliphatic rings. The van der Waals surface area contributed by atoms with Gasteiger partial charge in [0.1, 0.15) is 6.10 Å². The number of methoxy groups -OCH3 is 1. The molecule has 1 fully saturated rings. The van der Waals surface area contributed by atoms with Crippen LogP contribution in [0.1, 0.15) is 25.0 Å². The predicted molar refractivity (Wildman–Crippen MR) is 80.5 cm³/mol. The van der Waals surface area contributed by atoms with E-state index in [2.05, 4.69) is 10.3 Å². The number of aryl methyl sites for hydroxylation is 1. The Morgan fingerprint density at radius 3 is 3.00 bits per heavy atom. The van der Waals surface area contributed by atoms with Crippen LogP contribution in [0.2, 0.25) is 0 Å². The Morgan fingerprint density at radius 1 is 1.50 bits per heavy atom. The molecule has 22 heavy (non-hydrogen) atoms. The van der Waals surface area contributed by atoms with E-state index >= 15 is 0 Å². The Balaban J connectivity index is 2.01. The van der Waals surface area contributed by atoms with Crippen molar-refractivity contribution in [1.82, 2.24) is 9.88 Å². The van der Waals surface area contributed by atoms with Crippen LogP contribution in [0.4, 0.5) is 5.82 Å². The highest BCUT2D eigenvalue weighted by atomic mass is 16.5. The fourth-order valence-electron chi connectivity index (χ4n) is 2.43. The second-order valence-electron chi connectivity index (χ2n) is 5.35. The Kier molecular flexibility index (Phi) is 5.32. The van der Waals surface area contributed by atoms with Crippen molar-refractivity contribution >= 4 is 17.6 Å². The number of nitrogens with zero attached hydrogens (tertiary/aromatic N) is 2. The van der Waals surface area contributed by atoms with Crippen LogP contribution < -0.4 is 5.32 Å². The summed E-state index contributed by atoms with van der Waals surface area (Å²) in [4.78, 5) is 29.9. The molecule has 1 saturated heterocycles. The Bertz CT molecular complexity index is 562. The van der Waals surface area contributed by atoms with Crippen molar-refractivity contribution in [2.24, 2.45) is 0 Å². The van der Waals surface area contributed by atoms with Crippen molar-refractivity contribution in [3.8, 4) is 5.75 Å². The van der Waals surface area contributed by atoms with Gasteiger partial charge in [-0.05, 0) is 38.3 Å². The van der Waals surface area contributed by atoms with E-state index in [9.17, 15) is 14.7 Å². The van der Waals surface area contributed by atoms with Gasteiger partial charge in [0.05, 0.1) is 6.54 Å². The molecule has 1 atom stereocenters. The van der Waals surface area contributed by atoms with Gasteiger partial charge in [0.25, 0.3) is 5.91 Å². The number of ether oxygens (including phenoxy) is 1. The van der Waals surface area contributed by atoms with Crippen molar-refractivity contribution in [2.45, 2.75) is 32.3 Å². The Morgan fingerprint density at radius 2 is 2.27 bits per heavy atom. The van der Waals surface area contributed by atoms with Crippen molar-refractivity contribution in [2.75, 3.05) is 25.5 Å². The number of nitrogens with one attached hydrogen (secondary N) is 1. The minimum Gasteiger partial charge on any atom is -0.504 e. The second-order valence-corrected chi connectivity index (χ2v) is 5.35. The van der Waals surface area contributed by atoms with Crippen molar-refractivity contribution in [1.29, 1.82) is 0 Å². The molecule has 1 aromatic rings. The number of hydrogen-bond acceptors (Lipinski definition) is 5. The van der Waals surface area contributed by atoms with Crippen molar-refractivity contribution < 1.29 is 19.4 Å². The van der Waals surface area contributed by atoms with Gasteiger partial charge >= 0.3 is 0 Å². The minimum atomic E-state index is -0.485. The van der Waals surface area contributed by atoms with Gasteiger partial charge in [0.2, 0.25) is 5.91 Å². The second kappa shape index (κ2) is 7.22.